The van der Waals surface area contributed by atoms with E-state index in [2.05, 4.69) is 25.8 Å². The van der Waals surface area contributed by atoms with Gasteiger partial charge in [0.15, 0.2) is 5.78 Å². The van der Waals surface area contributed by atoms with E-state index in [-0.39, 0.29) is 26.7 Å². The summed E-state index contributed by atoms with van der Waals surface area (Å²) in [6, 6.07) is 8.20. The highest BCUT2D eigenvalue weighted by molar-refractivity contribution is 7.91. The van der Waals surface area contributed by atoms with Crippen molar-refractivity contribution >= 4 is 27.0 Å². The molecular weight excluding hydrogens is 448 g/mol. The van der Waals surface area contributed by atoms with Gasteiger partial charge in [0, 0.05) is 37.5 Å². The number of aliphatic imine (C=N–C) groups is 1. The SMILES string of the molecule is CC(=O)c1ccc(S(=O)(=O)c2ccc3c(c2)N=C(C(C)(C)C)CC(CC2CCOCC2)C3)cn1. The van der Waals surface area contributed by atoms with E-state index in [1.165, 1.54) is 25.3 Å². The fraction of sp³-hybridized carbons (Fsp3) is 0.519. The van der Waals surface area contributed by atoms with Gasteiger partial charge >= 0.3 is 0 Å². The quantitative estimate of drug-likeness (QED) is 0.517. The molecule has 1 atom stereocenters. The number of Topliss-reactive ketones (excluding diaryl/α,β-unsaturated/α-hetero) is 1. The zero-order valence-corrected chi connectivity index (χ0v) is 21.3. The van der Waals surface area contributed by atoms with Crippen LogP contribution in [0.25, 0.3) is 0 Å². The third-order valence-corrected chi connectivity index (χ3v) is 8.63. The summed E-state index contributed by atoms with van der Waals surface area (Å²) in [7, 11) is -3.77. The Balaban J connectivity index is 1.67. The maximum absolute atomic E-state index is 13.3. The molecule has 2 aliphatic heterocycles. The topological polar surface area (TPSA) is 85.7 Å². The summed E-state index contributed by atoms with van der Waals surface area (Å²) in [5.41, 5.74) is 3.10. The van der Waals surface area contributed by atoms with Crippen molar-refractivity contribution in [2.45, 2.75) is 69.6 Å². The van der Waals surface area contributed by atoms with E-state index in [0.29, 0.717) is 11.8 Å². The van der Waals surface area contributed by atoms with Crippen molar-refractivity contribution in [2.24, 2.45) is 22.2 Å². The van der Waals surface area contributed by atoms with Crippen LogP contribution in [0.1, 0.15) is 69.4 Å². The molecule has 4 rings (SSSR count). The second kappa shape index (κ2) is 9.70. The first-order valence-corrected chi connectivity index (χ1v) is 13.5. The van der Waals surface area contributed by atoms with Gasteiger partial charge in [-0.3, -0.25) is 14.8 Å². The van der Waals surface area contributed by atoms with Gasteiger partial charge in [-0.05, 0) is 73.8 Å². The number of aromatic nitrogens is 1. The van der Waals surface area contributed by atoms with Crippen molar-refractivity contribution in [3.8, 4) is 0 Å². The maximum atomic E-state index is 13.3. The number of pyridine rings is 1. The highest BCUT2D eigenvalue weighted by Crippen LogP contribution is 2.38. The first-order chi connectivity index (χ1) is 16.0. The summed E-state index contributed by atoms with van der Waals surface area (Å²) in [4.78, 5) is 20.8. The molecule has 1 unspecified atom stereocenters. The van der Waals surface area contributed by atoms with Crippen molar-refractivity contribution in [1.82, 2.24) is 4.98 Å². The van der Waals surface area contributed by atoms with E-state index in [4.69, 9.17) is 9.73 Å². The molecule has 1 fully saturated rings. The van der Waals surface area contributed by atoms with Crippen LogP contribution >= 0.6 is 0 Å². The third kappa shape index (κ3) is 5.47. The molecule has 2 aliphatic rings. The van der Waals surface area contributed by atoms with Gasteiger partial charge in [-0.25, -0.2) is 8.42 Å². The first-order valence-electron chi connectivity index (χ1n) is 12.0. The highest BCUT2D eigenvalue weighted by Gasteiger charge is 2.30. The number of carbonyl (C=O) groups excluding carboxylic acids is 1. The van der Waals surface area contributed by atoms with E-state index >= 15 is 0 Å². The fourth-order valence-corrected chi connectivity index (χ4v) is 6.04. The number of hydrogen-bond donors (Lipinski definition) is 0. The molecule has 0 bridgehead atoms. The van der Waals surface area contributed by atoms with Gasteiger partial charge in [0.05, 0.1) is 15.5 Å². The lowest BCUT2D eigenvalue weighted by Crippen LogP contribution is -2.25. The fourth-order valence-electron chi connectivity index (χ4n) is 4.81. The largest absolute Gasteiger partial charge is 0.381 e. The molecule has 6 nitrogen and oxygen atoms in total. The number of ether oxygens (including phenoxy) is 1. The van der Waals surface area contributed by atoms with Gasteiger partial charge in [-0.2, -0.15) is 0 Å². The molecular formula is C27H34N2O4S. The molecule has 1 aromatic carbocycles. The van der Waals surface area contributed by atoms with Crippen LogP contribution < -0.4 is 0 Å². The van der Waals surface area contributed by atoms with Gasteiger partial charge in [0.2, 0.25) is 9.84 Å². The Bertz CT molecular complexity index is 1190. The van der Waals surface area contributed by atoms with Gasteiger partial charge < -0.3 is 4.74 Å². The molecule has 0 saturated carbocycles. The third-order valence-electron chi connectivity index (χ3n) is 6.89. The lowest BCUT2D eigenvalue weighted by atomic mass is 9.79. The van der Waals surface area contributed by atoms with Crippen LogP contribution in [0.15, 0.2) is 51.3 Å². The number of nitrogens with zero attached hydrogens (tertiary/aromatic N) is 2. The molecule has 1 aromatic heterocycles. The Morgan fingerprint density at radius 1 is 1.03 bits per heavy atom. The van der Waals surface area contributed by atoms with Crippen LogP contribution in [0.3, 0.4) is 0 Å². The molecule has 0 spiro atoms. The number of sulfone groups is 1. The van der Waals surface area contributed by atoms with E-state index in [1.54, 1.807) is 12.1 Å². The van der Waals surface area contributed by atoms with Crippen LogP contribution in [-0.2, 0) is 21.0 Å². The Morgan fingerprint density at radius 3 is 2.35 bits per heavy atom. The second-order valence-corrected chi connectivity index (χ2v) is 12.6. The molecule has 0 N–H and O–H groups in total. The minimum atomic E-state index is -3.77. The second-order valence-electron chi connectivity index (χ2n) is 10.6. The molecule has 3 heterocycles. The summed E-state index contributed by atoms with van der Waals surface area (Å²) < 4.78 is 32.2. The van der Waals surface area contributed by atoms with E-state index in [0.717, 1.165) is 62.3 Å². The average molecular weight is 483 g/mol. The van der Waals surface area contributed by atoms with Crippen molar-refractivity contribution in [3.05, 3.63) is 47.8 Å². The molecule has 0 amide bonds. The Labute approximate surface area is 202 Å². The van der Waals surface area contributed by atoms with Gasteiger partial charge in [-0.1, -0.05) is 26.8 Å². The molecule has 2 aromatic rings. The smallest absolute Gasteiger partial charge is 0.208 e. The zero-order chi connectivity index (χ0) is 24.5. The molecule has 7 heteroatoms. The molecule has 0 aliphatic carbocycles. The van der Waals surface area contributed by atoms with Crippen LogP contribution in [0.4, 0.5) is 5.69 Å². The molecule has 182 valence electrons. The van der Waals surface area contributed by atoms with Crippen LogP contribution in [0.5, 0.6) is 0 Å². The predicted octanol–water partition coefficient (Wildman–Crippen LogP) is 5.61. The normalized spacial score (nSPS) is 19.8. The zero-order valence-electron chi connectivity index (χ0n) is 20.5. The van der Waals surface area contributed by atoms with Crippen LogP contribution in [0.2, 0.25) is 0 Å². The van der Waals surface area contributed by atoms with Gasteiger partial charge in [0.1, 0.15) is 5.69 Å². The van der Waals surface area contributed by atoms with Gasteiger partial charge in [0.25, 0.3) is 0 Å². The Kier molecular flexibility index (Phi) is 7.06. The molecule has 1 saturated heterocycles. The van der Waals surface area contributed by atoms with E-state index in [1.807, 2.05) is 6.07 Å². The van der Waals surface area contributed by atoms with Crippen molar-refractivity contribution in [3.63, 3.8) is 0 Å². The lowest BCUT2D eigenvalue weighted by Gasteiger charge is -2.28. The summed E-state index contributed by atoms with van der Waals surface area (Å²) in [6.45, 7) is 9.61. The number of hydrogen-bond acceptors (Lipinski definition) is 6. The molecule has 0 radical (unpaired) electrons. The number of rotatable bonds is 5. The van der Waals surface area contributed by atoms with Crippen molar-refractivity contribution < 1.29 is 17.9 Å². The highest BCUT2D eigenvalue weighted by atomic mass is 32.2. The van der Waals surface area contributed by atoms with Crippen LogP contribution in [-0.4, -0.2) is 38.1 Å². The van der Waals surface area contributed by atoms with Crippen molar-refractivity contribution in [1.29, 1.82) is 0 Å². The summed E-state index contributed by atoms with van der Waals surface area (Å²) in [6.07, 6.45) is 6.44. The first kappa shape index (κ1) is 24.7. The maximum Gasteiger partial charge on any atom is 0.208 e. The number of fused-ring (bicyclic) bond motifs is 1. The van der Waals surface area contributed by atoms with Crippen molar-refractivity contribution in [2.75, 3.05) is 13.2 Å². The van der Waals surface area contributed by atoms with E-state index < -0.39 is 9.84 Å². The van der Waals surface area contributed by atoms with E-state index in [9.17, 15) is 13.2 Å². The summed E-state index contributed by atoms with van der Waals surface area (Å²) >= 11 is 0. The Morgan fingerprint density at radius 2 is 1.74 bits per heavy atom. The number of benzene rings is 1. The Hall–Kier alpha value is -2.38. The standard InChI is InChI=1S/C27H34N2O4S/c1-18(30)24-8-7-23(17-28-24)34(31,32)22-6-5-21-14-20(13-19-9-11-33-12-10-19)15-26(27(2,3)4)29-25(21)16-22/h5-8,16-17,19-20H,9-15H2,1-4H3. The monoisotopic (exact) mass is 482 g/mol. The lowest BCUT2D eigenvalue weighted by molar-refractivity contribution is 0.0588. The average Bonchev–Trinajstić information content (AvgIpc) is 2.98. The predicted molar refractivity (Wildman–Crippen MR) is 133 cm³/mol. The summed E-state index contributed by atoms with van der Waals surface area (Å²) in [5, 5.41) is 0. The molecule has 34 heavy (non-hydrogen) atoms. The summed E-state index contributed by atoms with van der Waals surface area (Å²) in [5.74, 6) is 0.952. The minimum absolute atomic E-state index is 0.0727. The minimum Gasteiger partial charge on any atom is -0.381 e. The number of carbonyl (C=O) groups is 1. The number of ketones is 1. The van der Waals surface area contributed by atoms with Crippen LogP contribution in [0, 0.1) is 17.3 Å². The van der Waals surface area contributed by atoms with Gasteiger partial charge in [-0.15, -0.1) is 0 Å².